The Balaban J connectivity index is 5.61. The molecule has 1 atom stereocenters. The lowest BCUT2D eigenvalue weighted by atomic mass is 10.1. The Bertz CT molecular complexity index is 413. The molecule has 3 nitrogen and oxygen atoms in total. The van der Waals surface area contributed by atoms with E-state index in [0.29, 0.717) is 0 Å². The highest BCUT2D eigenvalue weighted by atomic mass is 19.4. The van der Waals surface area contributed by atoms with Gasteiger partial charge in [-0.05, 0) is 0 Å². The predicted molar refractivity (Wildman–Crippen MR) is 43.8 cm³/mol. The number of carboxylic acids is 1. The van der Waals surface area contributed by atoms with Gasteiger partial charge in [-0.15, -0.1) is 0 Å². The van der Waals surface area contributed by atoms with Crippen molar-refractivity contribution in [2.24, 2.45) is 0 Å². The molecule has 0 aliphatic heterocycles. The Hall–Kier alpha value is -1.34. The lowest BCUT2D eigenvalue weighted by Crippen LogP contribution is -2.59. The number of halogens is 11. The maximum Gasteiger partial charge on any atom is 0.462 e. The molecule has 0 rings (SSSR count). The average molecular weight is 358 g/mol. The van der Waals surface area contributed by atoms with Gasteiger partial charge in [-0.1, -0.05) is 0 Å². The Kier molecular flexibility index (Phi) is 5.35. The molecule has 22 heavy (non-hydrogen) atoms. The maximum absolute atomic E-state index is 13.3. The second kappa shape index (κ2) is 5.70. The van der Waals surface area contributed by atoms with Crippen LogP contribution in [0, 0.1) is 0 Å². The molecule has 0 aliphatic rings. The van der Waals surface area contributed by atoms with Crippen LogP contribution in [-0.4, -0.2) is 41.3 Å². The molecule has 0 aliphatic carbocycles. The van der Waals surface area contributed by atoms with Crippen LogP contribution in [0.25, 0.3) is 0 Å². The van der Waals surface area contributed by atoms with Crippen molar-refractivity contribution in [2.75, 3.05) is 0 Å². The first kappa shape index (κ1) is 20.7. The molecule has 0 aromatic heterocycles. The first-order valence-corrected chi connectivity index (χ1v) is 4.87. The molecule has 0 saturated heterocycles. The maximum atomic E-state index is 13.3. The van der Waals surface area contributed by atoms with E-state index < -0.39 is 49.0 Å². The van der Waals surface area contributed by atoms with Crippen molar-refractivity contribution in [3.05, 3.63) is 0 Å². The van der Waals surface area contributed by atoms with Crippen molar-refractivity contribution in [1.29, 1.82) is 0 Å². The van der Waals surface area contributed by atoms with E-state index in [2.05, 4.69) is 4.74 Å². The summed E-state index contributed by atoms with van der Waals surface area (Å²) in [5, 5.41) is 8.02. The molecule has 0 spiro atoms. The summed E-state index contributed by atoms with van der Waals surface area (Å²) in [6, 6.07) is 0. The van der Waals surface area contributed by atoms with Gasteiger partial charge in [0.1, 0.15) is 0 Å². The molecule has 0 bridgehead atoms. The molecule has 0 unspecified atom stereocenters. The summed E-state index contributed by atoms with van der Waals surface area (Å²) in [6.45, 7) is 0. The molecule has 0 saturated carbocycles. The summed E-state index contributed by atoms with van der Waals surface area (Å²) in [5.41, 5.74) is 0. The molecular weight excluding hydrogens is 353 g/mol. The second-order valence-corrected chi connectivity index (χ2v) is 3.81. The third-order valence-corrected chi connectivity index (χ3v) is 2.10. The van der Waals surface area contributed by atoms with Crippen molar-refractivity contribution in [3.63, 3.8) is 0 Å². The van der Waals surface area contributed by atoms with Crippen LogP contribution in [0.3, 0.4) is 0 Å². The Morgan fingerprint density at radius 3 is 1.50 bits per heavy atom. The zero-order valence-corrected chi connectivity index (χ0v) is 9.84. The fourth-order valence-electron chi connectivity index (χ4n) is 0.951. The number of aliphatic carboxylic acids is 1. The molecule has 0 radical (unpaired) electrons. The highest BCUT2D eigenvalue weighted by Crippen LogP contribution is 2.51. The average Bonchev–Trinajstić information content (AvgIpc) is 2.22. The minimum Gasteiger partial charge on any atom is -0.481 e. The van der Waals surface area contributed by atoms with Gasteiger partial charge >= 0.3 is 36.2 Å². The van der Waals surface area contributed by atoms with Crippen molar-refractivity contribution < 1.29 is 62.9 Å². The number of hydrogen-bond donors (Lipinski definition) is 1. The molecule has 0 aromatic carbocycles. The zero-order valence-electron chi connectivity index (χ0n) is 9.84. The van der Waals surface area contributed by atoms with Crippen LogP contribution in [0.4, 0.5) is 48.3 Å². The minimum atomic E-state index is -7.15. The summed E-state index contributed by atoms with van der Waals surface area (Å²) in [6.07, 6.45) is -24.8. The number of hydrogen-bond acceptors (Lipinski definition) is 2. The highest BCUT2D eigenvalue weighted by Gasteiger charge is 2.78. The number of ether oxygens (including phenoxy) is 1. The van der Waals surface area contributed by atoms with Gasteiger partial charge in [-0.2, -0.15) is 43.9 Å². The topological polar surface area (TPSA) is 46.5 Å². The summed E-state index contributed by atoms with van der Waals surface area (Å²) in [7, 11) is 0. The Morgan fingerprint density at radius 1 is 0.818 bits per heavy atom. The van der Waals surface area contributed by atoms with E-state index in [4.69, 9.17) is 5.11 Å². The standard InChI is InChI=1S/C8H5F11O3/c9-4(6(12,13)14,2-1-3(20)21)22-8(18,19)5(10,11)7(15,16)17/h1-2H2,(H,20,21)/t4-/m1/s1. The summed E-state index contributed by atoms with van der Waals surface area (Å²) < 4.78 is 137. The molecule has 132 valence electrons. The molecule has 1 N–H and O–H groups in total. The number of alkyl halides is 11. The Labute approximate surface area is 113 Å². The Morgan fingerprint density at radius 2 is 1.23 bits per heavy atom. The molecule has 0 heterocycles. The molecule has 14 heteroatoms. The van der Waals surface area contributed by atoms with Gasteiger partial charge in [0.05, 0.1) is 6.42 Å². The van der Waals surface area contributed by atoms with Gasteiger partial charge in [0.2, 0.25) is 0 Å². The SMILES string of the molecule is O=C(O)CC[C@@](F)(OC(F)(F)C(F)(F)C(F)(F)F)C(F)(F)F. The summed E-state index contributed by atoms with van der Waals surface area (Å²) in [4.78, 5) is 9.99. The number of carboxylic acid groups (broad SMARTS) is 1. The van der Waals surface area contributed by atoms with E-state index in [1.807, 2.05) is 0 Å². The van der Waals surface area contributed by atoms with Crippen LogP contribution in [0.15, 0.2) is 0 Å². The van der Waals surface area contributed by atoms with Crippen LogP contribution in [0.5, 0.6) is 0 Å². The molecular formula is C8H5F11O3. The molecule has 0 amide bonds. The lowest BCUT2D eigenvalue weighted by molar-refractivity contribution is -0.483. The van der Waals surface area contributed by atoms with Crippen LogP contribution >= 0.6 is 0 Å². The number of rotatable bonds is 6. The molecule has 0 fully saturated rings. The summed E-state index contributed by atoms with van der Waals surface area (Å²) in [5.74, 6) is -15.0. The smallest absolute Gasteiger partial charge is 0.462 e. The third-order valence-electron chi connectivity index (χ3n) is 2.10. The fraction of sp³-hybridized carbons (Fsp3) is 0.875. The van der Waals surface area contributed by atoms with E-state index in [1.54, 1.807) is 0 Å². The molecule has 0 aromatic rings. The first-order chi connectivity index (χ1) is 9.37. The third kappa shape index (κ3) is 4.10. The van der Waals surface area contributed by atoms with Crippen molar-refractivity contribution in [1.82, 2.24) is 0 Å². The summed E-state index contributed by atoms with van der Waals surface area (Å²) >= 11 is 0. The van der Waals surface area contributed by atoms with Gasteiger partial charge in [0.15, 0.2) is 0 Å². The van der Waals surface area contributed by atoms with E-state index in [9.17, 15) is 53.1 Å². The van der Waals surface area contributed by atoms with Crippen molar-refractivity contribution >= 4 is 5.97 Å². The minimum absolute atomic E-state index is 1.83. The van der Waals surface area contributed by atoms with Crippen molar-refractivity contribution in [2.45, 2.75) is 43.1 Å². The highest BCUT2D eigenvalue weighted by molar-refractivity contribution is 5.66. The van der Waals surface area contributed by atoms with Gasteiger partial charge in [-0.25, -0.2) is 4.39 Å². The fourth-order valence-corrected chi connectivity index (χ4v) is 0.951. The normalized spacial score (nSPS) is 17.2. The largest absolute Gasteiger partial charge is 0.481 e. The van der Waals surface area contributed by atoms with Crippen LogP contribution < -0.4 is 0 Å². The van der Waals surface area contributed by atoms with Crippen LogP contribution in [0.2, 0.25) is 0 Å². The van der Waals surface area contributed by atoms with Gasteiger partial charge < -0.3 is 5.11 Å². The van der Waals surface area contributed by atoms with Crippen LogP contribution in [0.1, 0.15) is 12.8 Å². The zero-order chi connectivity index (χ0) is 18.2. The predicted octanol–water partition coefficient (Wildman–Crippen LogP) is 3.89. The second-order valence-electron chi connectivity index (χ2n) is 3.81. The van der Waals surface area contributed by atoms with Crippen molar-refractivity contribution in [3.8, 4) is 0 Å². The number of carbonyl (C=O) groups is 1. The quantitative estimate of drug-likeness (QED) is 0.733. The van der Waals surface area contributed by atoms with E-state index in [-0.39, 0.29) is 0 Å². The van der Waals surface area contributed by atoms with Crippen LogP contribution in [-0.2, 0) is 9.53 Å². The van der Waals surface area contributed by atoms with Gasteiger partial charge in [-0.3, -0.25) is 9.53 Å². The van der Waals surface area contributed by atoms with E-state index >= 15 is 0 Å². The lowest BCUT2D eigenvalue weighted by Gasteiger charge is -2.34. The van der Waals surface area contributed by atoms with E-state index in [1.165, 1.54) is 0 Å². The van der Waals surface area contributed by atoms with E-state index in [0.717, 1.165) is 0 Å². The van der Waals surface area contributed by atoms with Gasteiger partial charge in [0, 0.05) is 6.42 Å². The van der Waals surface area contributed by atoms with Gasteiger partial charge in [0.25, 0.3) is 0 Å². The first-order valence-electron chi connectivity index (χ1n) is 4.87. The monoisotopic (exact) mass is 358 g/mol.